The van der Waals surface area contributed by atoms with Gasteiger partial charge in [-0.2, -0.15) is 0 Å². The van der Waals surface area contributed by atoms with Crippen LogP contribution >= 0.6 is 0 Å². The fraction of sp³-hybridized carbons (Fsp3) is 0.317. The van der Waals surface area contributed by atoms with Crippen molar-refractivity contribution in [3.05, 3.63) is 144 Å². The molecule has 10 atom stereocenters. The first-order valence-electron chi connectivity index (χ1n) is 17.6. The maximum atomic E-state index is 13.8. The molecule has 0 unspecified atom stereocenters. The lowest BCUT2D eigenvalue weighted by Crippen LogP contribution is -2.66. The van der Waals surface area contributed by atoms with Gasteiger partial charge < -0.3 is 53.2 Å². The molecule has 2 heterocycles. The summed E-state index contributed by atoms with van der Waals surface area (Å²) in [6, 6.07) is 31.5. The zero-order chi connectivity index (χ0) is 39.6. The van der Waals surface area contributed by atoms with E-state index in [0.29, 0.717) is 0 Å². The lowest BCUT2D eigenvalue weighted by atomic mass is 9.96. The van der Waals surface area contributed by atoms with E-state index in [-0.39, 0.29) is 22.3 Å². The van der Waals surface area contributed by atoms with Gasteiger partial charge in [0.05, 0.1) is 28.9 Å². The van der Waals surface area contributed by atoms with Crippen molar-refractivity contribution in [3.8, 4) is 0 Å². The average molecular weight is 773 g/mol. The predicted octanol–water partition coefficient (Wildman–Crippen LogP) is 2.72. The van der Waals surface area contributed by atoms with Crippen LogP contribution in [0.5, 0.6) is 0 Å². The zero-order valence-corrected chi connectivity index (χ0v) is 30.0. The minimum Gasteiger partial charge on any atom is -0.459 e. The van der Waals surface area contributed by atoms with Gasteiger partial charge >= 0.3 is 23.9 Å². The summed E-state index contributed by atoms with van der Waals surface area (Å²) in [4.78, 5) is 54.5. The van der Waals surface area contributed by atoms with Crippen LogP contribution in [0.3, 0.4) is 0 Å². The summed E-state index contributed by atoms with van der Waals surface area (Å²) in [5, 5.41) is 31.8. The molecule has 2 aliphatic rings. The predicted molar refractivity (Wildman–Crippen MR) is 192 cm³/mol. The van der Waals surface area contributed by atoms with Crippen LogP contribution in [-0.2, 0) is 37.9 Å². The quantitative estimate of drug-likeness (QED) is 0.132. The Morgan fingerprint density at radius 1 is 0.518 bits per heavy atom. The number of ether oxygens (including phenoxy) is 8. The Bertz CT molecular complexity index is 1890. The lowest BCUT2D eigenvalue weighted by molar-refractivity contribution is -0.363. The summed E-state index contributed by atoms with van der Waals surface area (Å²) < 4.78 is 47.2. The van der Waals surface area contributed by atoms with Crippen molar-refractivity contribution in [1.29, 1.82) is 0 Å². The van der Waals surface area contributed by atoms with Crippen LogP contribution in [0.2, 0.25) is 0 Å². The maximum absolute atomic E-state index is 13.8. The molecule has 56 heavy (non-hydrogen) atoms. The molecule has 15 heteroatoms. The van der Waals surface area contributed by atoms with Gasteiger partial charge in [-0.25, -0.2) is 19.2 Å². The summed E-state index contributed by atoms with van der Waals surface area (Å²) in [6.45, 7) is -1.30. The highest BCUT2D eigenvalue weighted by Gasteiger charge is 2.56. The van der Waals surface area contributed by atoms with Crippen LogP contribution in [0.15, 0.2) is 121 Å². The van der Waals surface area contributed by atoms with Crippen molar-refractivity contribution < 1.29 is 72.4 Å². The van der Waals surface area contributed by atoms with Gasteiger partial charge in [-0.1, -0.05) is 72.8 Å². The van der Waals surface area contributed by atoms with Crippen molar-refractivity contribution in [3.63, 3.8) is 0 Å². The van der Waals surface area contributed by atoms with E-state index in [0.717, 1.165) is 0 Å². The summed E-state index contributed by atoms with van der Waals surface area (Å²) >= 11 is 0. The van der Waals surface area contributed by atoms with Gasteiger partial charge in [-0.05, 0) is 48.5 Å². The molecule has 2 saturated heterocycles. The molecule has 0 saturated carbocycles. The van der Waals surface area contributed by atoms with Gasteiger partial charge in [-0.3, -0.25) is 0 Å². The van der Waals surface area contributed by atoms with Gasteiger partial charge in [0.25, 0.3) is 0 Å². The Balaban J connectivity index is 1.43. The fourth-order valence-electron chi connectivity index (χ4n) is 6.18. The second kappa shape index (κ2) is 18.9. The topological polar surface area (TPSA) is 203 Å². The van der Waals surface area contributed by atoms with Crippen molar-refractivity contribution in [2.24, 2.45) is 0 Å². The Morgan fingerprint density at radius 3 is 1.38 bits per heavy atom. The number of benzene rings is 4. The number of carbonyl (C=O) groups is 4. The Labute approximate surface area is 321 Å². The Morgan fingerprint density at radius 2 is 0.929 bits per heavy atom. The summed E-state index contributed by atoms with van der Waals surface area (Å²) in [6.07, 6.45) is -16.2. The largest absolute Gasteiger partial charge is 0.459 e. The SMILES string of the molecule is CO[C@@H]1O[C@H](CO)[C@H](O)[C@H](O)[C@H]1O[C@@H]1O[C@H](COC(=O)c2ccccc2)[C@H](OC(=O)c2ccccc2)[C@H](OC(=O)c2ccccc2)[C@H]1OC(=O)c1ccccc1. The number of rotatable bonds is 13. The second-order valence-corrected chi connectivity index (χ2v) is 12.8. The van der Waals surface area contributed by atoms with E-state index in [4.69, 9.17) is 37.9 Å². The van der Waals surface area contributed by atoms with E-state index in [1.165, 1.54) is 55.6 Å². The molecule has 0 aliphatic carbocycles. The molecule has 6 rings (SSSR count). The highest BCUT2D eigenvalue weighted by Crippen LogP contribution is 2.35. The first-order valence-corrected chi connectivity index (χ1v) is 17.6. The number of hydrogen-bond donors (Lipinski definition) is 3. The van der Waals surface area contributed by atoms with E-state index in [1.807, 2.05) is 0 Å². The van der Waals surface area contributed by atoms with Crippen LogP contribution in [0.1, 0.15) is 41.4 Å². The molecule has 0 bridgehead atoms. The standard InChI is InChI=1S/C41H40O15/c1-49-40-33(31(44)30(43)28(22-42)51-40)56-41-35(55-39(48)27-20-12-5-13-21-27)34(54-38(47)26-18-10-4-11-19-26)32(53-37(46)25-16-8-3-9-17-25)29(52-41)23-50-36(45)24-14-6-2-7-15-24/h2-21,28-35,40-44H,22-23H2,1H3/t28-,29-,30+,31+,32+,33-,34+,35-,40-,41+/m1/s1. The zero-order valence-electron chi connectivity index (χ0n) is 30.0. The van der Waals surface area contributed by atoms with Crippen LogP contribution in [0.25, 0.3) is 0 Å². The molecule has 0 spiro atoms. The van der Waals surface area contributed by atoms with Crippen molar-refractivity contribution in [1.82, 2.24) is 0 Å². The number of methoxy groups -OCH3 is 1. The molecule has 15 nitrogen and oxygen atoms in total. The van der Waals surface area contributed by atoms with Gasteiger partial charge in [-0.15, -0.1) is 0 Å². The van der Waals surface area contributed by atoms with Crippen LogP contribution in [0.4, 0.5) is 0 Å². The molecule has 0 aromatic heterocycles. The number of aliphatic hydroxyl groups excluding tert-OH is 3. The maximum Gasteiger partial charge on any atom is 0.338 e. The third kappa shape index (κ3) is 9.46. The number of aliphatic hydroxyl groups is 3. The molecule has 3 N–H and O–H groups in total. The minimum atomic E-state index is -1.82. The first kappa shape index (κ1) is 40.2. The molecule has 4 aromatic carbocycles. The van der Waals surface area contributed by atoms with E-state index in [2.05, 4.69) is 0 Å². The molecule has 294 valence electrons. The summed E-state index contributed by atoms with van der Waals surface area (Å²) in [7, 11) is 1.23. The molecule has 2 aliphatic heterocycles. The molecule has 0 radical (unpaired) electrons. The summed E-state index contributed by atoms with van der Waals surface area (Å²) in [5.41, 5.74) is 0.454. The van der Waals surface area contributed by atoms with Gasteiger partial charge in [0, 0.05) is 7.11 Å². The fourth-order valence-corrected chi connectivity index (χ4v) is 6.18. The van der Waals surface area contributed by atoms with E-state index < -0.39 is 98.5 Å². The smallest absolute Gasteiger partial charge is 0.338 e. The normalized spacial score (nSPS) is 27.4. The highest BCUT2D eigenvalue weighted by atomic mass is 16.8. The van der Waals surface area contributed by atoms with E-state index >= 15 is 0 Å². The number of carbonyl (C=O) groups excluding carboxylic acids is 4. The number of hydrogen-bond acceptors (Lipinski definition) is 15. The van der Waals surface area contributed by atoms with Crippen molar-refractivity contribution >= 4 is 23.9 Å². The number of esters is 4. The molecule has 0 amide bonds. The van der Waals surface area contributed by atoms with Crippen LogP contribution < -0.4 is 0 Å². The summed E-state index contributed by atoms with van der Waals surface area (Å²) in [5.74, 6) is -3.51. The first-order chi connectivity index (χ1) is 27.2. The van der Waals surface area contributed by atoms with Gasteiger partial charge in [0.15, 0.2) is 30.9 Å². The highest BCUT2D eigenvalue weighted by molar-refractivity contribution is 5.91. The molecule has 2 fully saturated rings. The molecule has 4 aromatic rings. The Hall–Kier alpha value is -5.52. The van der Waals surface area contributed by atoms with Crippen LogP contribution in [0, 0.1) is 0 Å². The second-order valence-electron chi connectivity index (χ2n) is 12.8. The van der Waals surface area contributed by atoms with E-state index in [9.17, 15) is 34.5 Å². The third-order valence-electron chi connectivity index (χ3n) is 9.09. The van der Waals surface area contributed by atoms with E-state index in [1.54, 1.807) is 72.8 Å². The minimum absolute atomic E-state index is 0.0770. The van der Waals surface area contributed by atoms with Gasteiger partial charge in [0.1, 0.15) is 37.1 Å². The van der Waals surface area contributed by atoms with Crippen LogP contribution in [-0.4, -0.2) is 121 Å². The monoisotopic (exact) mass is 772 g/mol. The van der Waals surface area contributed by atoms with Crippen molar-refractivity contribution in [2.75, 3.05) is 20.3 Å². The molecular formula is C41H40O15. The average Bonchev–Trinajstić information content (AvgIpc) is 3.24. The Kier molecular flexibility index (Phi) is 13.5. The molecular weight excluding hydrogens is 732 g/mol. The van der Waals surface area contributed by atoms with Crippen molar-refractivity contribution in [2.45, 2.75) is 61.4 Å². The lowest BCUT2D eigenvalue weighted by Gasteiger charge is -2.47. The van der Waals surface area contributed by atoms with Gasteiger partial charge in [0.2, 0.25) is 0 Å². The third-order valence-corrected chi connectivity index (χ3v) is 9.09.